The summed E-state index contributed by atoms with van der Waals surface area (Å²) in [6.45, 7) is 7.13. The summed E-state index contributed by atoms with van der Waals surface area (Å²) in [6, 6.07) is 6.55. The van der Waals surface area contributed by atoms with E-state index in [9.17, 15) is 4.79 Å². The van der Waals surface area contributed by atoms with Gasteiger partial charge in [-0.2, -0.15) is 0 Å². The fourth-order valence-electron chi connectivity index (χ4n) is 2.51. The quantitative estimate of drug-likeness (QED) is 0.887. The van der Waals surface area contributed by atoms with Gasteiger partial charge in [-0.3, -0.25) is 4.79 Å². The Bertz CT molecular complexity index is 457. The zero-order chi connectivity index (χ0) is 13.9. The molecule has 2 rings (SSSR count). The standard InChI is InChI=1S/C17H25NO/c1-17(2,3)12-18-16(19)11-13-8-9-14-6-4-5-7-15(14)10-13/h8-10H,4-7,11-12H2,1-3H3,(H,18,19). The first-order valence-corrected chi connectivity index (χ1v) is 7.31. The van der Waals surface area contributed by atoms with Crippen molar-refractivity contribution in [2.45, 2.75) is 52.9 Å². The molecule has 0 spiro atoms. The molecule has 0 atom stereocenters. The van der Waals surface area contributed by atoms with Crippen molar-refractivity contribution in [1.29, 1.82) is 0 Å². The zero-order valence-corrected chi connectivity index (χ0v) is 12.4. The number of amides is 1. The van der Waals surface area contributed by atoms with Crippen LogP contribution in [-0.2, 0) is 24.1 Å². The van der Waals surface area contributed by atoms with Crippen LogP contribution in [0.2, 0.25) is 0 Å². The number of hydrogen-bond acceptors (Lipinski definition) is 1. The summed E-state index contributed by atoms with van der Waals surface area (Å²) in [6.07, 6.45) is 5.47. The highest BCUT2D eigenvalue weighted by Gasteiger charge is 2.13. The van der Waals surface area contributed by atoms with Gasteiger partial charge in [0.1, 0.15) is 0 Å². The summed E-state index contributed by atoms with van der Waals surface area (Å²) < 4.78 is 0. The van der Waals surface area contributed by atoms with E-state index < -0.39 is 0 Å². The maximum atomic E-state index is 11.9. The van der Waals surface area contributed by atoms with Crippen LogP contribution in [0.15, 0.2) is 18.2 Å². The maximum absolute atomic E-state index is 11.9. The number of benzene rings is 1. The summed E-state index contributed by atoms with van der Waals surface area (Å²) in [5.41, 5.74) is 4.22. The minimum absolute atomic E-state index is 0.130. The smallest absolute Gasteiger partial charge is 0.224 e. The highest BCUT2D eigenvalue weighted by molar-refractivity contribution is 5.78. The van der Waals surface area contributed by atoms with E-state index in [4.69, 9.17) is 0 Å². The number of carbonyl (C=O) groups is 1. The van der Waals surface area contributed by atoms with Gasteiger partial charge in [0.2, 0.25) is 5.91 Å². The normalized spacial score (nSPS) is 14.9. The molecule has 0 unspecified atom stereocenters. The Balaban J connectivity index is 1.94. The van der Waals surface area contributed by atoms with Crippen LogP contribution in [0, 0.1) is 5.41 Å². The molecule has 104 valence electrons. The van der Waals surface area contributed by atoms with Gasteiger partial charge < -0.3 is 5.32 Å². The Morgan fingerprint density at radius 3 is 2.53 bits per heavy atom. The Morgan fingerprint density at radius 2 is 1.84 bits per heavy atom. The predicted octanol–water partition coefficient (Wildman–Crippen LogP) is 3.27. The second kappa shape index (κ2) is 5.77. The number of rotatable bonds is 3. The second-order valence-electron chi connectivity index (χ2n) is 6.82. The molecule has 0 radical (unpaired) electrons. The van der Waals surface area contributed by atoms with E-state index in [1.807, 2.05) is 0 Å². The van der Waals surface area contributed by atoms with Crippen LogP contribution in [0.5, 0.6) is 0 Å². The van der Waals surface area contributed by atoms with E-state index in [1.54, 1.807) is 0 Å². The predicted molar refractivity (Wildman–Crippen MR) is 79.3 cm³/mol. The van der Waals surface area contributed by atoms with Crippen LogP contribution in [0.4, 0.5) is 0 Å². The first-order chi connectivity index (χ1) is 8.94. The molecular weight excluding hydrogens is 234 g/mol. The third-order valence-corrected chi connectivity index (χ3v) is 3.59. The van der Waals surface area contributed by atoms with Crippen molar-refractivity contribution in [2.75, 3.05) is 6.54 Å². The molecule has 2 nitrogen and oxygen atoms in total. The zero-order valence-electron chi connectivity index (χ0n) is 12.4. The lowest BCUT2D eigenvalue weighted by molar-refractivity contribution is -0.120. The molecule has 0 heterocycles. The summed E-state index contributed by atoms with van der Waals surface area (Å²) in [4.78, 5) is 11.9. The second-order valence-corrected chi connectivity index (χ2v) is 6.82. The van der Waals surface area contributed by atoms with E-state index in [-0.39, 0.29) is 11.3 Å². The molecule has 1 aromatic rings. The van der Waals surface area contributed by atoms with Crippen LogP contribution >= 0.6 is 0 Å². The van der Waals surface area contributed by atoms with E-state index >= 15 is 0 Å². The van der Waals surface area contributed by atoms with Gasteiger partial charge in [-0.1, -0.05) is 39.0 Å². The summed E-state index contributed by atoms with van der Waals surface area (Å²) in [5.74, 6) is 0.130. The largest absolute Gasteiger partial charge is 0.355 e. The SMILES string of the molecule is CC(C)(C)CNC(=O)Cc1ccc2c(c1)CCCC2. The van der Waals surface area contributed by atoms with Crippen molar-refractivity contribution in [3.63, 3.8) is 0 Å². The average Bonchev–Trinajstić information content (AvgIpc) is 2.35. The summed E-state index contributed by atoms with van der Waals surface area (Å²) in [5, 5.41) is 3.01. The van der Waals surface area contributed by atoms with Crippen LogP contribution in [0.3, 0.4) is 0 Å². The minimum atomic E-state index is 0.130. The summed E-state index contributed by atoms with van der Waals surface area (Å²) in [7, 11) is 0. The fourth-order valence-corrected chi connectivity index (χ4v) is 2.51. The van der Waals surface area contributed by atoms with Gasteiger partial charge in [-0.05, 0) is 47.8 Å². The molecule has 1 aliphatic rings. The van der Waals surface area contributed by atoms with Crippen molar-refractivity contribution in [3.05, 3.63) is 34.9 Å². The maximum Gasteiger partial charge on any atom is 0.224 e. The molecule has 2 heteroatoms. The highest BCUT2D eigenvalue weighted by atomic mass is 16.1. The summed E-state index contributed by atoms with van der Waals surface area (Å²) >= 11 is 0. The lowest BCUT2D eigenvalue weighted by atomic mass is 9.90. The molecule has 0 bridgehead atoms. The van der Waals surface area contributed by atoms with Crippen LogP contribution < -0.4 is 5.32 Å². The van der Waals surface area contributed by atoms with Gasteiger partial charge >= 0.3 is 0 Å². The van der Waals surface area contributed by atoms with E-state index in [0.29, 0.717) is 6.42 Å². The molecule has 19 heavy (non-hydrogen) atoms. The van der Waals surface area contributed by atoms with Crippen LogP contribution in [-0.4, -0.2) is 12.5 Å². The van der Waals surface area contributed by atoms with Crippen molar-refractivity contribution in [1.82, 2.24) is 5.32 Å². The van der Waals surface area contributed by atoms with Crippen LogP contribution in [0.25, 0.3) is 0 Å². The molecule has 1 aromatic carbocycles. The molecule has 0 fully saturated rings. The molecule has 0 saturated heterocycles. The number of aryl methyl sites for hydroxylation is 2. The monoisotopic (exact) mass is 259 g/mol. The van der Waals surface area contributed by atoms with Gasteiger partial charge in [-0.15, -0.1) is 0 Å². The fraction of sp³-hybridized carbons (Fsp3) is 0.588. The van der Waals surface area contributed by atoms with E-state index in [0.717, 1.165) is 12.1 Å². The Kier molecular flexibility index (Phi) is 4.28. The van der Waals surface area contributed by atoms with Crippen molar-refractivity contribution < 1.29 is 4.79 Å². The number of fused-ring (bicyclic) bond motifs is 1. The number of carbonyl (C=O) groups excluding carboxylic acids is 1. The first-order valence-electron chi connectivity index (χ1n) is 7.31. The van der Waals surface area contributed by atoms with Gasteiger partial charge in [0.25, 0.3) is 0 Å². The lowest BCUT2D eigenvalue weighted by Crippen LogP contribution is -2.33. The topological polar surface area (TPSA) is 29.1 Å². The van der Waals surface area contributed by atoms with Crippen molar-refractivity contribution in [2.24, 2.45) is 5.41 Å². The van der Waals surface area contributed by atoms with Crippen molar-refractivity contribution >= 4 is 5.91 Å². The number of hydrogen-bond donors (Lipinski definition) is 1. The average molecular weight is 259 g/mol. The molecule has 1 amide bonds. The van der Waals surface area contributed by atoms with Gasteiger partial charge in [0.15, 0.2) is 0 Å². The lowest BCUT2D eigenvalue weighted by Gasteiger charge is -2.19. The molecule has 1 N–H and O–H groups in total. The Hall–Kier alpha value is -1.31. The van der Waals surface area contributed by atoms with Gasteiger partial charge in [0, 0.05) is 6.54 Å². The Labute approximate surface area is 116 Å². The molecular formula is C17H25NO. The molecule has 1 aliphatic carbocycles. The molecule has 0 aromatic heterocycles. The van der Waals surface area contributed by atoms with Gasteiger partial charge in [-0.25, -0.2) is 0 Å². The molecule has 0 aliphatic heterocycles. The Morgan fingerprint density at radius 1 is 1.16 bits per heavy atom. The molecule has 0 saturated carbocycles. The number of nitrogens with one attached hydrogen (secondary N) is 1. The third kappa shape index (κ3) is 4.38. The van der Waals surface area contributed by atoms with Gasteiger partial charge in [0.05, 0.1) is 6.42 Å². The van der Waals surface area contributed by atoms with Crippen molar-refractivity contribution in [3.8, 4) is 0 Å². The minimum Gasteiger partial charge on any atom is -0.355 e. The highest BCUT2D eigenvalue weighted by Crippen LogP contribution is 2.22. The first kappa shape index (κ1) is 14.1. The van der Waals surface area contributed by atoms with E-state index in [1.165, 1.54) is 36.8 Å². The van der Waals surface area contributed by atoms with Crippen LogP contribution in [0.1, 0.15) is 50.3 Å². The van der Waals surface area contributed by atoms with E-state index in [2.05, 4.69) is 44.3 Å². The third-order valence-electron chi connectivity index (χ3n) is 3.59.